The molecule has 0 N–H and O–H groups in total. The zero-order valence-corrected chi connectivity index (χ0v) is 10.2. The topological polar surface area (TPSA) is 31.2 Å². The Labute approximate surface area is 109 Å². The molecule has 0 unspecified atom stereocenters. The van der Waals surface area contributed by atoms with Crippen molar-refractivity contribution in [1.29, 1.82) is 0 Å². The van der Waals surface area contributed by atoms with Crippen molar-refractivity contribution < 1.29 is 4.74 Å². The van der Waals surface area contributed by atoms with Crippen LogP contribution in [0.25, 0.3) is 16.6 Å². The van der Waals surface area contributed by atoms with Gasteiger partial charge in [-0.05, 0) is 18.2 Å². The Balaban J connectivity index is 2.23. The van der Waals surface area contributed by atoms with Crippen molar-refractivity contribution in [2.75, 3.05) is 0 Å². The Kier molecular flexibility index (Phi) is 2.03. The van der Waals surface area contributed by atoms with Crippen molar-refractivity contribution in [2.45, 2.75) is 6.61 Å². The van der Waals surface area contributed by atoms with Crippen LogP contribution in [0.2, 0.25) is 0 Å². The van der Waals surface area contributed by atoms with Gasteiger partial charge in [-0.25, -0.2) is 0 Å². The lowest BCUT2D eigenvalue weighted by Crippen LogP contribution is -2.06. The predicted octanol–water partition coefficient (Wildman–Crippen LogP) is 2.88. The number of benzene rings is 2. The van der Waals surface area contributed by atoms with E-state index >= 15 is 0 Å². The van der Waals surface area contributed by atoms with Gasteiger partial charge in [0.2, 0.25) is 0 Å². The molecule has 1 aliphatic rings. The van der Waals surface area contributed by atoms with Gasteiger partial charge in [-0.2, -0.15) is 0 Å². The van der Waals surface area contributed by atoms with E-state index in [0.717, 1.165) is 22.5 Å². The quantitative estimate of drug-likeness (QED) is 0.613. The largest absolute Gasteiger partial charge is 0.487 e. The van der Waals surface area contributed by atoms with Gasteiger partial charge < -0.3 is 9.30 Å². The summed E-state index contributed by atoms with van der Waals surface area (Å²) < 4.78 is 7.88. The zero-order valence-electron chi connectivity index (χ0n) is 10.2. The highest BCUT2D eigenvalue weighted by atomic mass is 16.5. The van der Waals surface area contributed by atoms with Crippen LogP contribution in [-0.2, 0) is 6.61 Å². The van der Waals surface area contributed by atoms with Gasteiger partial charge in [-0.3, -0.25) is 4.79 Å². The molecule has 2 aromatic carbocycles. The fraction of sp³-hybridized carbons (Fsp3) is 0.0625. The lowest BCUT2D eigenvalue weighted by Gasteiger charge is -2.11. The van der Waals surface area contributed by atoms with Gasteiger partial charge in [0.1, 0.15) is 12.4 Å². The minimum absolute atomic E-state index is 0.0241. The number of hydrogen-bond donors (Lipinski definition) is 0. The minimum atomic E-state index is 0.0241. The van der Waals surface area contributed by atoms with Gasteiger partial charge in [0.05, 0.1) is 11.2 Å². The van der Waals surface area contributed by atoms with Gasteiger partial charge in [0, 0.05) is 23.2 Å². The molecule has 3 aromatic rings. The third kappa shape index (κ3) is 1.41. The van der Waals surface area contributed by atoms with Gasteiger partial charge >= 0.3 is 0 Å². The molecule has 0 saturated carbocycles. The molecule has 19 heavy (non-hydrogen) atoms. The van der Waals surface area contributed by atoms with Crippen LogP contribution in [0.4, 0.5) is 0 Å². The molecular formula is C16H11NO2. The maximum absolute atomic E-state index is 12.0. The van der Waals surface area contributed by atoms with Crippen LogP contribution in [-0.4, -0.2) is 4.57 Å². The van der Waals surface area contributed by atoms with Crippen LogP contribution < -0.4 is 10.2 Å². The van der Waals surface area contributed by atoms with Crippen molar-refractivity contribution in [3.63, 3.8) is 0 Å². The first-order chi connectivity index (χ1) is 9.34. The Hall–Kier alpha value is -2.55. The van der Waals surface area contributed by atoms with E-state index in [2.05, 4.69) is 0 Å². The molecule has 3 heteroatoms. The fourth-order valence-corrected chi connectivity index (χ4v) is 2.62. The van der Waals surface area contributed by atoms with E-state index in [1.54, 1.807) is 6.07 Å². The third-order valence-electron chi connectivity index (χ3n) is 3.51. The molecule has 2 heterocycles. The summed E-state index contributed by atoms with van der Waals surface area (Å²) in [6.07, 6.45) is 1.82. The molecule has 0 atom stereocenters. The molecule has 0 fully saturated rings. The second-order valence-electron chi connectivity index (χ2n) is 4.62. The van der Waals surface area contributed by atoms with E-state index in [0.29, 0.717) is 12.0 Å². The summed E-state index contributed by atoms with van der Waals surface area (Å²) in [5, 5.41) is 0.691. The molecule has 0 bridgehead atoms. The van der Waals surface area contributed by atoms with Crippen LogP contribution in [0.15, 0.2) is 59.5 Å². The lowest BCUT2D eigenvalue weighted by atomic mass is 10.1. The summed E-state index contributed by atoms with van der Waals surface area (Å²) in [5.41, 5.74) is 3.05. The Morgan fingerprint density at radius 3 is 2.84 bits per heavy atom. The van der Waals surface area contributed by atoms with E-state index < -0.39 is 0 Å². The molecule has 0 radical (unpaired) electrons. The smallest absolute Gasteiger partial charge is 0.189 e. The molecule has 4 rings (SSSR count). The fourth-order valence-electron chi connectivity index (χ4n) is 2.62. The Morgan fingerprint density at radius 1 is 1.00 bits per heavy atom. The second kappa shape index (κ2) is 3.72. The SMILES string of the molecule is O=c1ccn2c3c(cccc13)OCc1ccccc1-2. The Morgan fingerprint density at radius 2 is 1.89 bits per heavy atom. The molecule has 0 aliphatic carbocycles. The van der Waals surface area contributed by atoms with Crippen LogP contribution in [0.5, 0.6) is 5.75 Å². The van der Waals surface area contributed by atoms with Gasteiger partial charge in [0.25, 0.3) is 0 Å². The van der Waals surface area contributed by atoms with Crippen molar-refractivity contribution in [3.05, 3.63) is 70.5 Å². The number of ether oxygens (including phenoxy) is 1. The Bertz CT molecular complexity index is 849. The van der Waals surface area contributed by atoms with Crippen LogP contribution in [0, 0.1) is 0 Å². The molecule has 0 amide bonds. The number of aromatic nitrogens is 1. The molecule has 1 aliphatic heterocycles. The van der Waals surface area contributed by atoms with E-state index in [4.69, 9.17) is 4.74 Å². The van der Waals surface area contributed by atoms with Crippen molar-refractivity contribution in [1.82, 2.24) is 4.57 Å². The first-order valence-electron chi connectivity index (χ1n) is 6.20. The first-order valence-corrected chi connectivity index (χ1v) is 6.20. The lowest BCUT2D eigenvalue weighted by molar-refractivity contribution is 0.312. The highest BCUT2D eigenvalue weighted by Crippen LogP contribution is 2.31. The predicted molar refractivity (Wildman–Crippen MR) is 73.9 cm³/mol. The van der Waals surface area contributed by atoms with Crippen LogP contribution >= 0.6 is 0 Å². The third-order valence-corrected chi connectivity index (χ3v) is 3.51. The normalized spacial score (nSPS) is 12.6. The minimum Gasteiger partial charge on any atom is -0.487 e. The van der Waals surface area contributed by atoms with Gasteiger partial charge in [0.15, 0.2) is 5.43 Å². The van der Waals surface area contributed by atoms with E-state index in [1.165, 1.54) is 0 Å². The number of hydrogen-bond acceptors (Lipinski definition) is 2. The molecule has 0 saturated heterocycles. The summed E-state index contributed by atoms with van der Waals surface area (Å²) >= 11 is 0. The number of rotatable bonds is 0. The molecule has 3 nitrogen and oxygen atoms in total. The molecule has 92 valence electrons. The second-order valence-corrected chi connectivity index (χ2v) is 4.62. The molecule has 1 aromatic heterocycles. The van der Waals surface area contributed by atoms with Crippen molar-refractivity contribution in [2.24, 2.45) is 0 Å². The van der Waals surface area contributed by atoms with Crippen LogP contribution in [0.3, 0.4) is 0 Å². The van der Waals surface area contributed by atoms with Crippen LogP contribution in [0.1, 0.15) is 5.56 Å². The maximum atomic E-state index is 12.0. The van der Waals surface area contributed by atoms with Crippen molar-refractivity contribution in [3.8, 4) is 11.4 Å². The highest BCUT2D eigenvalue weighted by molar-refractivity contribution is 5.86. The number of fused-ring (bicyclic) bond motifs is 2. The zero-order chi connectivity index (χ0) is 12.8. The van der Waals surface area contributed by atoms with Gasteiger partial charge in [-0.15, -0.1) is 0 Å². The first kappa shape index (κ1) is 10.4. The standard InChI is InChI=1S/C16H11NO2/c18-14-8-9-17-13-6-2-1-4-11(13)10-19-15-7-3-5-12(14)16(15)17/h1-9H,10H2. The molecular weight excluding hydrogens is 238 g/mol. The monoisotopic (exact) mass is 249 g/mol. The summed E-state index contributed by atoms with van der Waals surface area (Å²) in [5.74, 6) is 0.756. The number of pyridine rings is 1. The number of para-hydroxylation sites is 2. The average molecular weight is 249 g/mol. The van der Waals surface area contributed by atoms with Crippen molar-refractivity contribution >= 4 is 10.9 Å². The highest BCUT2D eigenvalue weighted by Gasteiger charge is 2.16. The van der Waals surface area contributed by atoms with Gasteiger partial charge in [-0.1, -0.05) is 24.3 Å². The van der Waals surface area contributed by atoms with E-state index in [9.17, 15) is 4.79 Å². The maximum Gasteiger partial charge on any atom is 0.189 e. The summed E-state index contributed by atoms with van der Waals surface area (Å²) in [6.45, 7) is 0.519. The van der Waals surface area contributed by atoms with E-state index in [-0.39, 0.29) is 5.43 Å². The average Bonchev–Trinajstić information content (AvgIpc) is 2.62. The summed E-state index contributed by atoms with van der Waals surface area (Å²) in [7, 11) is 0. The summed E-state index contributed by atoms with van der Waals surface area (Å²) in [4.78, 5) is 12.0. The van der Waals surface area contributed by atoms with E-state index in [1.807, 2.05) is 53.2 Å². The number of nitrogens with zero attached hydrogens (tertiary/aromatic N) is 1. The summed E-state index contributed by atoms with van der Waals surface area (Å²) in [6, 6.07) is 15.3. The molecule has 0 spiro atoms.